The molecule has 1 saturated carbocycles. The van der Waals surface area contributed by atoms with Crippen LogP contribution in [0.25, 0.3) is 0 Å². The van der Waals surface area contributed by atoms with E-state index in [0.717, 1.165) is 25.0 Å². The van der Waals surface area contributed by atoms with Crippen molar-refractivity contribution in [1.82, 2.24) is 0 Å². The molecule has 0 aliphatic heterocycles. The second-order valence-corrected chi connectivity index (χ2v) is 5.62. The maximum atomic E-state index is 14.1. The van der Waals surface area contributed by atoms with Crippen LogP contribution in [0.4, 0.5) is 14.5 Å². The van der Waals surface area contributed by atoms with Crippen LogP contribution in [-0.2, 0) is 0 Å². The number of anilines is 1. The molecule has 3 nitrogen and oxygen atoms in total. The first kappa shape index (κ1) is 15.1. The Hall–Kier alpha value is -1.27. The van der Waals surface area contributed by atoms with Gasteiger partial charge >= 0.3 is 0 Å². The van der Waals surface area contributed by atoms with E-state index in [0.29, 0.717) is 12.8 Å². The number of nitrogens with zero attached hydrogens (tertiary/aromatic N) is 1. The van der Waals surface area contributed by atoms with E-state index < -0.39 is 17.7 Å². The van der Waals surface area contributed by atoms with Crippen molar-refractivity contribution in [3.05, 3.63) is 29.3 Å². The van der Waals surface area contributed by atoms with Crippen LogP contribution in [0, 0.1) is 11.6 Å². The predicted octanol–water partition coefficient (Wildman–Crippen LogP) is 2.34. The Kier molecular flexibility index (Phi) is 4.55. The molecule has 2 atom stereocenters. The molecule has 0 saturated heterocycles. The number of hydrogen-bond acceptors (Lipinski definition) is 3. The molecule has 20 heavy (non-hydrogen) atoms. The van der Waals surface area contributed by atoms with Gasteiger partial charge in [-0.2, -0.15) is 0 Å². The summed E-state index contributed by atoms with van der Waals surface area (Å²) in [5.74, 6) is -1.43. The van der Waals surface area contributed by atoms with Crippen LogP contribution in [0.5, 0.6) is 0 Å². The number of nitrogens with two attached hydrogens (primary N) is 1. The normalized spacial score (nSPS) is 22.6. The average Bonchev–Trinajstić information content (AvgIpc) is 2.38. The lowest BCUT2D eigenvalue weighted by atomic mass is 9.91. The van der Waals surface area contributed by atoms with Gasteiger partial charge in [0.05, 0.1) is 12.1 Å². The predicted molar refractivity (Wildman–Crippen MR) is 78.9 cm³/mol. The smallest absolute Gasteiger partial charge is 0.150 e. The van der Waals surface area contributed by atoms with E-state index in [4.69, 9.17) is 18.0 Å². The second kappa shape index (κ2) is 6.01. The molecule has 0 amide bonds. The minimum atomic E-state index is -0.715. The minimum absolute atomic E-state index is 0.0466. The molecule has 110 valence electrons. The van der Waals surface area contributed by atoms with Crippen molar-refractivity contribution in [2.75, 3.05) is 11.9 Å². The molecule has 0 spiro atoms. The fourth-order valence-electron chi connectivity index (χ4n) is 2.75. The first-order valence-corrected chi connectivity index (χ1v) is 7.02. The third kappa shape index (κ3) is 2.91. The lowest BCUT2D eigenvalue weighted by Gasteiger charge is -2.36. The second-order valence-electron chi connectivity index (χ2n) is 5.18. The Morgan fingerprint density at radius 3 is 2.35 bits per heavy atom. The molecule has 0 bridgehead atoms. The van der Waals surface area contributed by atoms with Crippen molar-refractivity contribution in [3.8, 4) is 0 Å². The molecule has 1 aliphatic carbocycles. The molecule has 6 heteroatoms. The van der Waals surface area contributed by atoms with Gasteiger partial charge in [-0.3, -0.25) is 0 Å². The van der Waals surface area contributed by atoms with Gasteiger partial charge in [0.25, 0.3) is 0 Å². The molecule has 2 rings (SSSR count). The molecule has 2 unspecified atom stereocenters. The number of likely N-dealkylation sites (N-methyl/N-ethyl adjacent to an activating group) is 1. The Morgan fingerprint density at radius 1 is 1.30 bits per heavy atom. The third-order valence-electron chi connectivity index (χ3n) is 3.85. The minimum Gasteiger partial charge on any atom is -0.391 e. The number of aliphatic hydroxyl groups is 1. The van der Waals surface area contributed by atoms with Crippen LogP contribution in [0.15, 0.2) is 12.1 Å². The summed E-state index contributed by atoms with van der Waals surface area (Å²) < 4.78 is 28.3. The number of benzene rings is 1. The highest BCUT2D eigenvalue weighted by molar-refractivity contribution is 7.80. The summed E-state index contributed by atoms with van der Waals surface area (Å²) in [7, 11) is 1.60. The number of halogens is 2. The van der Waals surface area contributed by atoms with Gasteiger partial charge in [-0.1, -0.05) is 25.1 Å². The summed E-state index contributed by atoms with van der Waals surface area (Å²) in [6, 6.07) is 1.99. The maximum absolute atomic E-state index is 14.1. The van der Waals surface area contributed by atoms with Crippen molar-refractivity contribution in [3.63, 3.8) is 0 Å². The topological polar surface area (TPSA) is 49.5 Å². The van der Waals surface area contributed by atoms with Gasteiger partial charge in [-0.15, -0.1) is 0 Å². The van der Waals surface area contributed by atoms with E-state index in [1.165, 1.54) is 4.90 Å². The summed E-state index contributed by atoms with van der Waals surface area (Å²) >= 11 is 4.72. The van der Waals surface area contributed by atoms with Crippen molar-refractivity contribution < 1.29 is 13.9 Å². The van der Waals surface area contributed by atoms with Gasteiger partial charge in [0.15, 0.2) is 0 Å². The highest BCUT2D eigenvalue weighted by atomic mass is 32.1. The average molecular weight is 300 g/mol. The monoisotopic (exact) mass is 300 g/mol. The molecule has 1 aromatic rings. The first-order valence-electron chi connectivity index (χ1n) is 6.61. The molecule has 3 N–H and O–H groups in total. The zero-order chi connectivity index (χ0) is 14.9. The summed E-state index contributed by atoms with van der Waals surface area (Å²) in [6.45, 7) is 0. The molecular weight excluding hydrogens is 282 g/mol. The Morgan fingerprint density at radius 2 is 1.85 bits per heavy atom. The van der Waals surface area contributed by atoms with E-state index in [1.54, 1.807) is 7.05 Å². The quantitative estimate of drug-likeness (QED) is 0.841. The highest BCUT2D eigenvalue weighted by Crippen LogP contribution is 2.30. The van der Waals surface area contributed by atoms with Crippen molar-refractivity contribution in [2.24, 2.45) is 5.73 Å². The van der Waals surface area contributed by atoms with Gasteiger partial charge in [0.1, 0.15) is 22.3 Å². The lowest BCUT2D eigenvalue weighted by Crippen LogP contribution is -2.44. The Bertz CT molecular complexity index is 501. The van der Waals surface area contributed by atoms with Gasteiger partial charge < -0.3 is 15.7 Å². The summed E-state index contributed by atoms with van der Waals surface area (Å²) in [5.41, 5.74) is 5.41. The van der Waals surface area contributed by atoms with Crippen LogP contribution < -0.4 is 10.6 Å². The van der Waals surface area contributed by atoms with E-state index in [1.807, 2.05) is 0 Å². The Balaban J connectivity index is 2.34. The fourth-order valence-corrected chi connectivity index (χ4v) is 2.87. The van der Waals surface area contributed by atoms with E-state index in [9.17, 15) is 13.9 Å². The molecule has 1 aliphatic rings. The summed E-state index contributed by atoms with van der Waals surface area (Å²) in [5, 5.41) is 10.00. The van der Waals surface area contributed by atoms with Crippen molar-refractivity contribution in [1.29, 1.82) is 0 Å². The molecule has 0 aromatic heterocycles. The van der Waals surface area contributed by atoms with Crippen LogP contribution in [0.1, 0.15) is 31.2 Å². The third-order valence-corrected chi connectivity index (χ3v) is 4.08. The van der Waals surface area contributed by atoms with E-state index in [2.05, 4.69) is 0 Å². The molecule has 1 aromatic carbocycles. The van der Waals surface area contributed by atoms with E-state index in [-0.39, 0.29) is 22.3 Å². The summed E-state index contributed by atoms with van der Waals surface area (Å²) in [4.78, 5) is 1.44. The van der Waals surface area contributed by atoms with Crippen LogP contribution >= 0.6 is 12.2 Å². The van der Waals surface area contributed by atoms with Crippen LogP contribution in [0.3, 0.4) is 0 Å². The lowest BCUT2D eigenvalue weighted by molar-refractivity contribution is 0.105. The van der Waals surface area contributed by atoms with Crippen LogP contribution in [-0.4, -0.2) is 29.3 Å². The largest absolute Gasteiger partial charge is 0.391 e. The summed E-state index contributed by atoms with van der Waals surface area (Å²) in [6.07, 6.45) is 2.69. The van der Waals surface area contributed by atoms with Crippen LogP contribution in [0.2, 0.25) is 0 Å². The fraction of sp³-hybridized carbons (Fsp3) is 0.500. The van der Waals surface area contributed by atoms with Gasteiger partial charge in [0.2, 0.25) is 0 Å². The first-order chi connectivity index (χ1) is 9.41. The zero-order valence-corrected chi connectivity index (χ0v) is 12.1. The number of hydrogen-bond donors (Lipinski definition) is 2. The molecule has 1 fully saturated rings. The maximum Gasteiger partial charge on any atom is 0.150 e. The standard InChI is InChI=1S/C14H18F2N2OS/c1-18(11-4-2-3-5-12(11)19)13-9(15)6-8(14(17)20)7-10(13)16/h6-7,11-12,19H,2-5H2,1H3,(H2,17,20). The molecule has 0 radical (unpaired) electrons. The SMILES string of the molecule is CN(c1c(F)cc(C(N)=S)cc1F)C1CCCCC1O. The van der Waals surface area contributed by atoms with Crippen molar-refractivity contribution in [2.45, 2.75) is 37.8 Å². The number of thiocarbonyl (C=S) groups is 1. The Labute approximate surface area is 122 Å². The van der Waals surface area contributed by atoms with E-state index >= 15 is 0 Å². The van der Waals surface area contributed by atoms with Crippen molar-refractivity contribution >= 4 is 22.9 Å². The highest BCUT2D eigenvalue weighted by Gasteiger charge is 2.29. The molecule has 0 heterocycles. The number of rotatable bonds is 3. The zero-order valence-electron chi connectivity index (χ0n) is 11.3. The molecular formula is C14H18F2N2OS. The van der Waals surface area contributed by atoms with Gasteiger partial charge in [-0.25, -0.2) is 8.78 Å². The van der Waals surface area contributed by atoms with Gasteiger partial charge in [0, 0.05) is 12.6 Å². The van der Waals surface area contributed by atoms with Gasteiger partial charge in [-0.05, 0) is 25.0 Å². The number of aliphatic hydroxyl groups excluding tert-OH is 1.